The van der Waals surface area contributed by atoms with E-state index >= 15 is 0 Å². The number of hydrogen-bond donors (Lipinski definition) is 1. The molecular formula is C29H29N3O5. The topological polar surface area (TPSA) is 91.7 Å². The largest absolute Gasteiger partial charge is 0.497 e. The molecule has 1 atom stereocenters. The van der Waals surface area contributed by atoms with E-state index in [1.54, 1.807) is 14.2 Å². The van der Waals surface area contributed by atoms with Gasteiger partial charge in [-0.15, -0.1) is 0 Å². The zero-order valence-corrected chi connectivity index (χ0v) is 20.8. The molecule has 0 radical (unpaired) electrons. The summed E-state index contributed by atoms with van der Waals surface area (Å²) in [5.74, 6) is 1.80. The smallest absolute Gasteiger partial charge is 0.272 e. The first kappa shape index (κ1) is 25.5. The van der Waals surface area contributed by atoms with Gasteiger partial charge in [-0.2, -0.15) is 5.10 Å². The number of hydrogen-bond acceptors (Lipinski definition) is 6. The fourth-order valence-corrected chi connectivity index (χ4v) is 3.81. The molecule has 1 heterocycles. The summed E-state index contributed by atoms with van der Waals surface area (Å²) in [5.41, 5.74) is 1.78. The Bertz CT molecular complexity index is 1350. The lowest BCUT2D eigenvalue weighted by Gasteiger charge is -2.20. The highest BCUT2D eigenvalue weighted by molar-refractivity contribution is 5.92. The van der Waals surface area contributed by atoms with Crippen molar-refractivity contribution in [3.8, 4) is 17.2 Å². The standard InChI is InChI=1S/C29H29N3O5/c1-35-23-12-8-21(9-13-23)20-27(22-10-14-24(36-2)15-11-22)30-29(34)26-16-17-28(33)32(31-26)18-19-37-25-6-4-3-5-7-25/h3-17,27H,18-20H2,1-2H3,(H,30,34). The van der Waals surface area contributed by atoms with Gasteiger partial charge in [0, 0.05) is 6.07 Å². The summed E-state index contributed by atoms with van der Waals surface area (Å²) >= 11 is 0. The van der Waals surface area contributed by atoms with Gasteiger partial charge in [0.2, 0.25) is 0 Å². The molecule has 1 unspecified atom stereocenters. The van der Waals surface area contributed by atoms with Crippen molar-refractivity contribution in [2.45, 2.75) is 19.0 Å². The molecule has 8 heteroatoms. The fraction of sp³-hybridized carbons (Fsp3) is 0.207. The Morgan fingerprint density at radius 3 is 2.14 bits per heavy atom. The van der Waals surface area contributed by atoms with Gasteiger partial charge in [-0.3, -0.25) is 9.59 Å². The second-order valence-corrected chi connectivity index (χ2v) is 8.29. The number of aromatic nitrogens is 2. The molecule has 8 nitrogen and oxygen atoms in total. The predicted molar refractivity (Wildman–Crippen MR) is 140 cm³/mol. The molecule has 0 saturated heterocycles. The molecule has 0 aliphatic carbocycles. The van der Waals surface area contributed by atoms with E-state index in [0.29, 0.717) is 12.2 Å². The highest BCUT2D eigenvalue weighted by atomic mass is 16.5. The molecular weight excluding hydrogens is 470 g/mol. The molecule has 1 N–H and O–H groups in total. The lowest BCUT2D eigenvalue weighted by atomic mass is 9.98. The van der Waals surface area contributed by atoms with E-state index in [0.717, 1.165) is 22.6 Å². The lowest BCUT2D eigenvalue weighted by Crippen LogP contribution is -2.33. The van der Waals surface area contributed by atoms with E-state index in [-0.39, 0.29) is 36.4 Å². The van der Waals surface area contributed by atoms with Crippen LogP contribution in [-0.4, -0.2) is 36.5 Å². The van der Waals surface area contributed by atoms with E-state index in [1.807, 2.05) is 78.9 Å². The van der Waals surface area contributed by atoms with Crippen molar-refractivity contribution in [3.63, 3.8) is 0 Å². The summed E-state index contributed by atoms with van der Waals surface area (Å²) in [7, 11) is 3.23. The van der Waals surface area contributed by atoms with Crippen molar-refractivity contribution in [1.29, 1.82) is 0 Å². The van der Waals surface area contributed by atoms with Crippen LogP contribution in [0.2, 0.25) is 0 Å². The predicted octanol–water partition coefficient (Wildman–Crippen LogP) is 4.05. The summed E-state index contributed by atoms with van der Waals surface area (Å²) in [6.45, 7) is 0.455. The van der Waals surface area contributed by atoms with Crippen molar-refractivity contribution in [2.75, 3.05) is 20.8 Å². The zero-order chi connectivity index (χ0) is 26.0. The third kappa shape index (κ3) is 6.98. The Kier molecular flexibility index (Phi) is 8.54. The number of methoxy groups -OCH3 is 2. The second-order valence-electron chi connectivity index (χ2n) is 8.29. The van der Waals surface area contributed by atoms with Crippen LogP contribution >= 0.6 is 0 Å². The van der Waals surface area contributed by atoms with Gasteiger partial charge in [-0.1, -0.05) is 42.5 Å². The van der Waals surface area contributed by atoms with E-state index in [4.69, 9.17) is 14.2 Å². The molecule has 4 aromatic rings. The summed E-state index contributed by atoms with van der Waals surface area (Å²) < 4.78 is 17.4. The first-order chi connectivity index (χ1) is 18.1. The van der Waals surface area contributed by atoms with E-state index in [9.17, 15) is 9.59 Å². The number of amides is 1. The highest BCUT2D eigenvalue weighted by Crippen LogP contribution is 2.23. The molecule has 37 heavy (non-hydrogen) atoms. The Labute approximate surface area is 215 Å². The summed E-state index contributed by atoms with van der Waals surface area (Å²) in [4.78, 5) is 25.6. The molecule has 1 amide bonds. The van der Waals surface area contributed by atoms with Crippen molar-refractivity contribution in [2.24, 2.45) is 0 Å². The minimum Gasteiger partial charge on any atom is -0.497 e. The summed E-state index contributed by atoms with van der Waals surface area (Å²) in [6, 6.07) is 27.0. The Hall–Kier alpha value is -4.59. The summed E-state index contributed by atoms with van der Waals surface area (Å²) in [6.07, 6.45) is 0.548. The average molecular weight is 500 g/mol. The maximum Gasteiger partial charge on any atom is 0.272 e. The highest BCUT2D eigenvalue weighted by Gasteiger charge is 2.19. The van der Waals surface area contributed by atoms with Crippen LogP contribution in [0, 0.1) is 0 Å². The number of carbonyl (C=O) groups excluding carboxylic acids is 1. The Morgan fingerprint density at radius 1 is 0.838 bits per heavy atom. The maximum atomic E-state index is 13.2. The van der Waals surface area contributed by atoms with Gasteiger partial charge in [0.15, 0.2) is 0 Å². The molecule has 190 valence electrons. The maximum absolute atomic E-state index is 13.2. The van der Waals surface area contributed by atoms with Crippen molar-refractivity contribution in [3.05, 3.63) is 118 Å². The molecule has 0 aliphatic heterocycles. The Balaban J connectivity index is 1.50. The van der Waals surface area contributed by atoms with Crippen LogP contribution in [-0.2, 0) is 13.0 Å². The van der Waals surface area contributed by atoms with Crippen LogP contribution in [0.25, 0.3) is 0 Å². The van der Waals surface area contributed by atoms with E-state index in [1.165, 1.54) is 16.8 Å². The average Bonchev–Trinajstić information content (AvgIpc) is 2.94. The normalized spacial score (nSPS) is 11.4. The molecule has 1 aromatic heterocycles. The van der Waals surface area contributed by atoms with Crippen LogP contribution in [0.3, 0.4) is 0 Å². The van der Waals surface area contributed by atoms with Gasteiger partial charge in [0.25, 0.3) is 11.5 Å². The number of nitrogens with zero attached hydrogens (tertiary/aromatic N) is 2. The fourth-order valence-electron chi connectivity index (χ4n) is 3.81. The molecule has 0 aliphatic rings. The summed E-state index contributed by atoms with van der Waals surface area (Å²) in [5, 5.41) is 7.36. The Morgan fingerprint density at radius 2 is 1.49 bits per heavy atom. The monoisotopic (exact) mass is 499 g/mol. The number of ether oxygens (including phenoxy) is 3. The van der Waals surface area contributed by atoms with Gasteiger partial charge in [0.05, 0.1) is 26.8 Å². The van der Waals surface area contributed by atoms with Crippen LogP contribution < -0.4 is 25.1 Å². The van der Waals surface area contributed by atoms with Gasteiger partial charge in [-0.05, 0) is 60.0 Å². The number of rotatable bonds is 11. The minimum absolute atomic E-state index is 0.146. The number of nitrogens with one attached hydrogen (secondary N) is 1. The van der Waals surface area contributed by atoms with Crippen LogP contribution in [0.4, 0.5) is 0 Å². The van der Waals surface area contributed by atoms with Gasteiger partial charge < -0.3 is 19.5 Å². The first-order valence-electron chi connectivity index (χ1n) is 11.9. The number of benzene rings is 3. The first-order valence-corrected chi connectivity index (χ1v) is 11.9. The van der Waals surface area contributed by atoms with E-state index < -0.39 is 0 Å². The number of para-hydroxylation sites is 1. The SMILES string of the molecule is COc1ccc(CC(NC(=O)c2ccc(=O)n(CCOc3ccccc3)n2)c2ccc(OC)cc2)cc1. The molecule has 0 bridgehead atoms. The van der Waals surface area contributed by atoms with Crippen molar-refractivity contribution < 1.29 is 19.0 Å². The molecule has 0 fully saturated rings. The molecule has 3 aromatic carbocycles. The van der Waals surface area contributed by atoms with Crippen LogP contribution in [0.1, 0.15) is 27.7 Å². The van der Waals surface area contributed by atoms with Gasteiger partial charge in [-0.25, -0.2) is 4.68 Å². The van der Waals surface area contributed by atoms with Crippen LogP contribution in [0.5, 0.6) is 17.2 Å². The minimum atomic E-state index is -0.382. The van der Waals surface area contributed by atoms with Crippen molar-refractivity contribution >= 4 is 5.91 Å². The zero-order valence-electron chi connectivity index (χ0n) is 20.8. The third-order valence-electron chi connectivity index (χ3n) is 5.84. The van der Waals surface area contributed by atoms with Gasteiger partial charge >= 0.3 is 0 Å². The second kappa shape index (κ2) is 12.4. The van der Waals surface area contributed by atoms with Crippen LogP contribution in [0.15, 0.2) is 95.8 Å². The molecule has 0 saturated carbocycles. The third-order valence-corrected chi connectivity index (χ3v) is 5.84. The molecule has 0 spiro atoms. The number of carbonyl (C=O) groups is 1. The van der Waals surface area contributed by atoms with Gasteiger partial charge in [0.1, 0.15) is 29.5 Å². The molecule has 4 rings (SSSR count). The lowest BCUT2D eigenvalue weighted by molar-refractivity contribution is 0.0928. The quantitative estimate of drug-likeness (QED) is 0.335. The van der Waals surface area contributed by atoms with Crippen molar-refractivity contribution in [1.82, 2.24) is 15.1 Å². The van der Waals surface area contributed by atoms with E-state index in [2.05, 4.69) is 10.4 Å².